The average molecular weight is 461 g/mol. The molecule has 0 spiro atoms. The van der Waals surface area contributed by atoms with E-state index in [0.29, 0.717) is 18.6 Å². The van der Waals surface area contributed by atoms with Crippen LogP contribution >= 0.6 is 0 Å². The molecular weight excluding hydrogens is 428 g/mol. The third-order valence-corrected chi connectivity index (χ3v) is 6.13. The number of nitrogens with two attached hydrogens (primary N) is 1. The summed E-state index contributed by atoms with van der Waals surface area (Å²) in [4.78, 5) is 37.4. The molecule has 0 aromatic heterocycles. The standard InChI is InChI=1S/C23H32N4O6/c1-33-16-4-2-13(3-5-16)10-18(21(24)30)27-23(32)15-11-17(20(29)19(28)12-15)26-22(31)14-6-8-25-9-7-14/h2-5,11,14,17-20,25,28-29H,6-10,12H2,1H3,(H2,24,30)(H,26,31)(H,27,32)/t17-,18+,19-,20-/m1/s1. The Hall–Kier alpha value is -2.95. The summed E-state index contributed by atoms with van der Waals surface area (Å²) in [7, 11) is 1.55. The van der Waals surface area contributed by atoms with Crippen molar-refractivity contribution in [2.45, 2.75) is 50.0 Å². The van der Waals surface area contributed by atoms with Crippen molar-refractivity contribution in [1.82, 2.24) is 16.0 Å². The summed E-state index contributed by atoms with van der Waals surface area (Å²) >= 11 is 0. The first-order valence-corrected chi connectivity index (χ1v) is 11.1. The minimum Gasteiger partial charge on any atom is -0.497 e. The van der Waals surface area contributed by atoms with Crippen LogP contribution in [-0.4, -0.2) is 72.4 Å². The maximum atomic E-state index is 12.9. The third-order valence-electron chi connectivity index (χ3n) is 6.13. The zero-order chi connectivity index (χ0) is 24.0. The van der Waals surface area contributed by atoms with Gasteiger partial charge in [-0.15, -0.1) is 0 Å². The largest absolute Gasteiger partial charge is 0.497 e. The fourth-order valence-electron chi connectivity index (χ4n) is 4.10. The Morgan fingerprint density at radius 1 is 1.18 bits per heavy atom. The lowest BCUT2D eigenvalue weighted by Gasteiger charge is -2.33. The van der Waals surface area contributed by atoms with Crippen molar-refractivity contribution in [2.75, 3.05) is 20.2 Å². The molecule has 7 N–H and O–H groups in total. The van der Waals surface area contributed by atoms with E-state index in [1.165, 1.54) is 6.08 Å². The molecule has 0 saturated carbocycles. The van der Waals surface area contributed by atoms with Crippen molar-refractivity contribution in [2.24, 2.45) is 11.7 Å². The molecule has 10 nitrogen and oxygen atoms in total. The van der Waals surface area contributed by atoms with Crippen LogP contribution in [0.15, 0.2) is 35.9 Å². The van der Waals surface area contributed by atoms with E-state index in [-0.39, 0.29) is 30.2 Å². The second-order valence-electron chi connectivity index (χ2n) is 8.49. The number of carbonyl (C=O) groups excluding carboxylic acids is 3. The van der Waals surface area contributed by atoms with Gasteiger partial charge in [0.05, 0.1) is 19.3 Å². The van der Waals surface area contributed by atoms with Crippen LogP contribution in [0.1, 0.15) is 24.8 Å². The van der Waals surface area contributed by atoms with E-state index in [1.807, 2.05) is 0 Å². The molecule has 0 unspecified atom stereocenters. The first kappa shape index (κ1) is 24.7. The number of hydrogen-bond donors (Lipinski definition) is 6. The summed E-state index contributed by atoms with van der Waals surface area (Å²) in [6.45, 7) is 1.47. The summed E-state index contributed by atoms with van der Waals surface area (Å²) in [5.74, 6) is -1.03. The summed E-state index contributed by atoms with van der Waals surface area (Å²) in [6, 6.07) is 5.14. The number of aliphatic hydroxyl groups excluding tert-OH is 2. The van der Waals surface area contributed by atoms with Gasteiger partial charge in [0.25, 0.3) is 0 Å². The maximum absolute atomic E-state index is 12.9. The van der Waals surface area contributed by atoms with Crippen LogP contribution in [0, 0.1) is 5.92 Å². The Morgan fingerprint density at radius 2 is 1.85 bits per heavy atom. The molecule has 10 heteroatoms. The van der Waals surface area contributed by atoms with E-state index < -0.39 is 36.1 Å². The normalized spacial score (nSPS) is 24.3. The van der Waals surface area contributed by atoms with Crippen molar-refractivity contribution in [3.05, 3.63) is 41.5 Å². The molecule has 1 aromatic rings. The van der Waals surface area contributed by atoms with Crippen molar-refractivity contribution in [3.8, 4) is 5.75 Å². The average Bonchev–Trinajstić information content (AvgIpc) is 2.82. The Kier molecular flexibility index (Phi) is 8.43. The third kappa shape index (κ3) is 6.53. The van der Waals surface area contributed by atoms with Gasteiger partial charge in [-0.1, -0.05) is 18.2 Å². The number of carbonyl (C=O) groups is 3. The smallest absolute Gasteiger partial charge is 0.247 e. The number of ether oxygens (including phenoxy) is 1. The van der Waals surface area contributed by atoms with Crippen molar-refractivity contribution in [1.29, 1.82) is 0 Å². The highest BCUT2D eigenvalue weighted by Gasteiger charge is 2.35. The van der Waals surface area contributed by atoms with Gasteiger partial charge < -0.3 is 36.6 Å². The van der Waals surface area contributed by atoms with E-state index in [0.717, 1.165) is 18.7 Å². The van der Waals surface area contributed by atoms with Crippen molar-refractivity contribution >= 4 is 17.7 Å². The van der Waals surface area contributed by atoms with E-state index in [2.05, 4.69) is 16.0 Å². The van der Waals surface area contributed by atoms with Crippen molar-refractivity contribution in [3.63, 3.8) is 0 Å². The molecule has 1 aliphatic heterocycles. The number of rotatable bonds is 8. The molecule has 0 bridgehead atoms. The number of primary amides is 1. The first-order valence-electron chi connectivity index (χ1n) is 11.1. The first-order chi connectivity index (χ1) is 15.8. The number of amides is 3. The van der Waals surface area contributed by atoms with Gasteiger partial charge in [-0.3, -0.25) is 14.4 Å². The fraction of sp³-hybridized carbons (Fsp3) is 0.522. The van der Waals surface area contributed by atoms with Gasteiger partial charge in [0.1, 0.15) is 17.9 Å². The van der Waals surface area contributed by atoms with Gasteiger partial charge >= 0.3 is 0 Å². The van der Waals surface area contributed by atoms with Gasteiger partial charge in [-0.25, -0.2) is 0 Å². The van der Waals surface area contributed by atoms with Crippen LogP contribution in [-0.2, 0) is 20.8 Å². The molecule has 1 heterocycles. The monoisotopic (exact) mass is 460 g/mol. The molecule has 0 radical (unpaired) electrons. The zero-order valence-electron chi connectivity index (χ0n) is 18.6. The van der Waals surface area contributed by atoms with Gasteiger partial charge in [0, 0.05) is 24.3 Å². The Bertz CT molecular complexity index is 881. The van der Waals surface area contributed by atoms with Crippen LogP contribution in [0.2, 0.25) is 0 Å². The van der Waals surface area contributed by atoms with E-state index in [1.54, 1.807) is 31.4 Å². The highest BCUT2D eigenvalue weighted by Crippen LogP contribution is 2.22. The summed E-state index contributed by atoms with van der Waals surface area (Å²) in [5.41, 5.74) is 6.44. The quantitative estimate of drug-likeness (QED) is 0.282. The Balaban J connectivity index is 1.67. The van der Waals surface area contributed by atoms with Crippen LogP contribution in [0.3, 0.4) is 0 Å². The molecule has 3 amide bonds. The lowest BCUT2D eigenvalue weighted by molar-refractivity contribution is -0.128. The second kappa shape index (κ2) is 11.3. The SMILES string of the molecule is COc1ccc(C[C@H](NC(=O)C2=C[C@@H](NC(=O)C3CCNCC3)[C@@H](O)[C@H](O)C2)C(N)=O)cc1. The van der Waals surface area contributed by atoms with E-state index in [9.17, 15) is 24.6 Å². The van der Waals surface area contributed by atoms with Gasteiger partial charge in [0.2, 0.25) is 17.7 Å². The highest BCUT2D eigenvalue weighted by molar-refractivity contribution is 5.97. The molecule has 4 atom stereocenters. The molecule has 180 valence electrons. The number of aliphatic hydroxyl groups is 2. The topological polar surface area (TPSA) is 163 Å². The Labute approximate surface area is 192 Å². The minimum absolute atomic E-state index is 0.110. The predicted molar refractivity (Wildman–Crippen MR) is 120 cm³/mol. The lowest BCUT2D eigenvalue weighted by Crippen LogP contribution is -2.53. The zero-order valence-corrected chi connectivity index (χ0v) is 18.6. The molecule has 33 heavy (non-hydrogen) atoms. The number of hydrogen-bond acceptors (Lipinski definition) is 7. The number of methoxy groups -OCH3 is 1. The van der Waals surface area contributed by atoms with Crippen LogP contribution in [0.5, 0.6) is 5.75 Å². The summed E-state index contributed by atoms with van der Waals surface area (Å²) in [5, 5.41) is 29.2. The van der Waals surface area contributed by atoms with Crippen LogP contribution in [0.25, 0.3) is 0 Å². The summed E-state index contributed by atoms with van der Waals surface area (Å²) in [6.07, 6.45) is 0.401. The van der Waals surface area contributed by atoms with Gasteiger partial charge in [-0.05, 0) is 43.6 Å². The number of piperidine rings is 1. The minimum atomic E-state index is -1.24. The Morgan fingerprint density at radius 3 is 2.45 bits per heavy atom. The number of benzene rings is 1. The van der Waals surface area contributed by atoms with Gasteiger partial charge in [-0.2, -0.15) is 0 Å². The van der Waals surface area contributed by atoms with Crippen molar-refractivity contribution < 1.29 is 29.3 Å². The fourth-order valence-corrected chi connectivity index (χ4v) is 4.10. The molecule has 1 aromatic carbocycles. The number of nitrogens with one attached hydrogen (secondary N) is 3. The van der Waals surface area contributed by atoms with Crippen LogP contribution in [0.4, 0.5) is 0 Å². The molecule has 1 fully saturated rings. The second-order valence-corrected chi connectivity index (χ2v) is 8.49. The summed E-state index contributed by atoms with van der Waals surface area (Å²) < 4.78 is 5.11. The molecule has 1 aliphatic carbocycles. The van der Waals surface area contributed by atoms with E-state index in [4.69, 9.17) is 10.5 Å². The molecule has 3 rings (SSSR count). The molecule has 2 aliphatic rings. The predicted octanol–water partition coefficient (Wildman–Crippen LogP) is -1.26. The van der Waals surface area contributed by atoms with Gasteiger partial charge in [0.15, 0.2) is 0 Å². The maximum Gasteiger partial charge on any atom is 0.247 e. The van der Waals surface area contributed by atoms with E-state index >= 15 is 0 Å². The molecule has 1 saturated heterocycles. The molecular formula is C23H32N4O6. The lowest BCUT2D eigenvalue weighted by atomic mass is 9.88. The highest BCUT2D eigenvalue weighted by atomic mass is 16.5. The van der Waals surface area contributed by atoms with Crippen LogP contribution < -0.4 is 26.4 Å².